The van der Waals surface area contributed by atoms with E-state index in [1.165, 1.54) is 32.1 Å². The van der Waals surface area contributed by atoms with E-state index in [1.54, 1.807) is 0 Å². The minimum absolute atomic E-state index is 0.941. The minimum atomic E-state index is 0.941. The topological polar surface area (TPSA) is 0 Å². The maximum atomic E-state index is 2.36. The Labute approximate surface area is 66.0 Å². The smallest absolute Gasteiger partial charge is 0.0417 e. The molecular weight excluding hydrogens is 120 g/mol. The molecule has 0 heteroatoms. The van der Waals surface area contributed by atoms with Crippen LogP contribution in [-0.2, 0) is 0 Å². The molecule has 1 radical (unpaired) electrons. The van der Waals surface area contributed by atoms with Gasteiger partial charge in [-0.2, -0.15) is 0 Å². The van der Waals surface area contributed by atoms with Crippen LogP contribution >= 0.6 is 0 Å². The largest absolute Gasteiger partial charge is 0.0654 e. The fourth-order valence-corrected chi connectivity index (χ4v) is 1.15. The molecule has 0 aromatic rings. The van der Waals surface area contributed by atoms with E-state index in [0.717, 1.165) is 5.92 Å². The first kappa shape index (κ1) is 10.0. The summed E-state index contributed by atoms with van der Waals surface area (Å²) in [6.07, 6.45) is 9.12. The molecule has 10 heavy (non-hydrogen) atoms. The molecule has 0 bridgehead atoms. The highest BCUT2D eigenvalue weighted by molar-refractivity contribution is 4.60. The van der Waals surface area contributed by atoms with Crippen molar-refractivity contribution in [2.24, 2.45) is 5.92 Å². The lowest BCUT2D eigenvalue weighted by atomic mass is 9.98. The van der Waals surface area contributed by atoms with Crippen molar-refractivity contribution < 1.29 is 0 Å². The zero-order valence-corrected chi connectivity index (χ0v) is 7.69. The van der Waals surface area contributed by atoms with Crippen LogP contribution in [0.1, 0.15) is 52.9 Å². The second-order valence-electron chi connectivity index (χ2n) is 3.23. The number of hydrogen-bond acceptors (Lipinski definition) is 0. The molecule has 1 atom stereocenters. The lowest BCUT2D eigenvalue weighted by Gasteiger charge is -2.08. The maximum absolute atomic E-state index is 2.36. The van der Waals surface area contributed by atoms with Gasteiger partial charge in [0.05, 0.1) is 0 Å². The number of unbranched alkanes of at least 4 members (excludes halogenated alkanes) is 2. The van der Waals surface area contributed by atoms with Gasteiger partial charge in [0, 0.05) is 0 Å². The van der Waals surface area contributed by atoms with Gasteiger partial charge in [-0.25, -0.2) is 0 Å². The van der Waals surface area contributed by atoms with E-state index < -0.39 is 0 Å². The van der Waals surface area contributed by atoms with Crippen LogP contribution < -0.4 is 0 Å². The van der Waals surface area contributed by atoms with Gasteiger partial charge >= 0.3 is 0 Å². The Bertz CT molecular complexity index is 49.1. The molecule has 0 saturated carbocycles. The molecule has 0 aliphatic heterocycles. The van der Waals surface area contributed by atoms with Crippen LogP contribution in [0.2, 0.25) is 0 Å². The van der Waals surface area contributed by atoms with Gasteiger partial charge in [-0.05, 0) is 12.3 Å². The summed E-state index contributed by atoms with van der Waals surface area (Å²) in [4.78, 5) is 0. The Morgan fingerprint density at radius 2 is 2.00 bits per heavy atom. The molecule has 0 heterocycles. The number of hydrogen-bond donors (Lipinski definition) is 0. The van der Waals surface area contributed by atoms with Crippen LogP contribution in [0.25, 0.3) is 0 Å². The summed E-state index contributed by atoms with van der Waals surface area (Å²) >= 11 is 0. The van der Waals surface area contributed by atoms with Crippen molar-refractivity contribution in [1.29, 1.82) is 0 Å². The Balaban J connectivity index is 3.00. The third-order valence-corrected chi connectivity index (χ3v) is 2.00. The molecule has 0 aliphatic rings. The summed E-state index contributed by atoms with van der Waals surface area (Å²) in [6, 6.07) is 0. The number of rotatable bonds is 6. The summed E-state index contributed by atoms with van der Waals surface area (Å²) in [6.45, 7) is 6.77. The van der Waals surface area contributed by atoms with Crippen LogP contribution in [-0.4, -0.2) is 0 Å². The summed E-state index contributed by atoms with van der Waals surface area (Å²) in [5.74, 6) is 0.941. The fourth-order valence-electron chi connectivity index (χ4n) is 1.15. The summed E-state index contributed by atoms with van der Waals surface area (Å²) in [5, 5.41) is 0. The average Bonchev–Trinajstić information content (AvgIpc) is 1.97. The van der Waals surface area contributed by atoms with Crippen molar-refractivity contribution in [3.05, 3.63) is 6.42 Å². The predicted octanol–water partition coefficient (Wildman–Crippen LogP) is 3.82. The first-order valence-electron chi connectivity index (χ1n) is 4.59. The van der Waals surface area contributed by atoms with Crippen molar-refractivity contribution >= 4 is 0 Å². The average molecular weight is 141 g/mol. The van der Waals surface area contributed by atoms with Gasteiger partial charge in [0.15, 0.2) is 0 Å². The molecule has 0 fully saturated rings. The van der Waals surface area contributed by atoms with Crippen LogP contribution in [0.3, 0.4) is 0 Å². The van der Waals surface area contributed by atoms with Crippen molar-refractivity contribution in [3.8, 4) is 0 Å². The molecule has 0 aromatic carbocycles. The molecule has 61 valence electrons. The molecular formula is C10H21. The second kappa shape index (κ2) is 7.11. The monoisotopic (exact) mass is 141 g/mol. The molecule has 0 saturated heterocycles. The van der Waals surface area contributed by atoms with Gasteiger partial charge in [0.1, 0.15) is 0 Å². The van der Waals surface area contributed by atoms with E-state index in [4.69, 9.17) is 0 Å². The van der Waals surface area contributed by atoms with E-state index in [-0.39, 0.29) is 0 Å². The van der Waals surface area contributed by atoms with E-state index in [0.29, 0.717) is 0 Å². The van der Waals surface area contributed by atoms with Gasteiger partial charge in [-0.3, -0.25) is 0 Å². The predicted molar refractivity (Wildman–Crippen MR) is 47.9 cm³/mol. The van der Waals surface area contributed by atoms with Crippen LogP contribution in [0.4, 0.5) is 0 Å². The highest BCUT2D eigenvalue weighted by Gasteiger charge is 1.98. The van der Waals surface area contributed by atoms with Crippen LogP contribution in [0, 0.1) is 12.3 Å². The third-order valence-electron chi connectivity index (χ3n) is 2.00. The van der Waals surface area contributed by atoms with Gasteiger partial charge in [-0.15, -0.1) is 0 Å². The van der Waals surface area contributed by atoms with Crippen LogP contribution in [0.15, 0.2) is 0 Å². The lowest BCUT2D eigenvalue weighted by Crippen LogP contribution is -1.93. The van der Waals surface area contributed by atoms with E-state index >= 15 is 0 Å². The second-order valence-corrected chi connectivity index (χ2v) is 3.23. The Kier molecular flexibility index (Phi) is 7.11. The van der Waals surface area contributed by atoms with Crippen molar-refractivity contribution in [2.75, 3.05) is 0 Å². The summed E-state index contributed by atoms with van der Waals surface area (Å²) in [5.41, 5.74) is 0. The zero-order chi connectivity index (χ0) is 7.82. The molecule has 0 rings (SSSR count). The van der Waals surface area contributed by atoms with Crippen LogP contribution in [0.5, 0.6) is 0 Å². The van der Waals surface area contributed by atoms with E-state index in [2.05, 4.69) is 27.2 Å². The SMILES string of the molecule is C[CH]CCC(C)CCCC. The maximum Gasteiger partial charge on any atom is -0.0417 e. The van der Waals surface area contributed by atoms with Crippen molar-refractivity contribution in [1.82, 2.24) is 0 Å². The standard InChI is InChI=1S/C10H21/c1-4-6-8-10(3)9-7-5-2/h4,10H,5-9H2,1-3H3. The Morgan fingerprint density at radius 1 is 1.30 bits per heavy atom. The summed E-state index contributed by atoms with van der Waals surface area (Å²) < 4.78 is 0. The quantitative estimate of drug-likeness (QED) is 0.527. The van der Waals surface area contributed by atoms with E-state index in [1.807, 2.05) is 0 Å². The third kappa shape index (κ3) is 6.12. The van der Waals surface area contributed by atoms with Crippen molar-refractivity contribution in [2.45, 2.75) is 52.9 Å². The van der Waals surface area contributed by atoms with E-state index in [9.17, 15) is 0 Å². The van der Waals surface area contributed by atoms with Gasteiger partial charge in [0.2, 0.25) is 0 Å². The first-order valence-corrected chi connectivity index (χ1v) is 4.59. The molecule has 0 amide bonds. The van der Waals surface area contributed by atoms with Gasteiger partial charge < -0.3 is 0 Å². The Hall–Kier alpha value is 0. The van der Waals surface area contributed by atoms with Crippen molar-refractivity contribution in [3.63, 3.8) is 0 Å². The van der Waals surface area contributed by atoms with Gasteiger partial charge in [-0.1, -0.05) is 52.9 Å². The highest BCUT2D eigenvalue weighted by Crippen LogP contribution is 2.13. The fraction of sp³-hybridized carbons (Fsp3) is 0.900. The normalized spacial score (nSPS) is 10.8. The Morgan fingerprint density at radius 3 is 2.50 bits per heavy atom. The first-order chi connectivity index (χ1) is 4.81. The molecule has 0 aliphatic carbocycles. The highest BCUT2D eigenvalue weighted by atomic mass is 14.0. The molecule has 0 N–H and O–H groups in total. The molecule has 0 nitrogen and oxygen atoms in total. The summed E-state index contributed by atoms with van der Waals surface area (Å²) in [7, 11) is 0. The molecule has 0 aromatic heterocycles. The molecule has 0 spiro atoms. The lowest BCUT2D eigenvalue weighted by molar-refractivity contribution is 0.470. The molecule has 1 unspecified atom stereocenters. The van der Waals surface area contributed by atoms with Gasteiger partial charge in [0.25, 0.3) is 0 Å². The minimum Gasteiger partial charge on any atom is -0.0654 e. The zero-order valence-electron chi connectivity index (χ0n) is 7.69.